The van der Waals surface area contributed by atoms with Gasteiger partial charge in [-0.2, -0.15) is 0 Å². The number of benzene rings is 1. The van der Waals surface area contributed by atoms with Crippen LogP contribution in [0.25, 0.3) is 0 Å². The third-order valence-electron chi connectivity index (χ3n) is 2.39. The molecule has 2 N–H and O–H groups in total. The summed E-state index contributed by atoms with van der Waals surface area (Å²) in [6.45, 7) is 0. The zero-order chi connectivity index (χ0) is 13.0. The maximum absolute atomic E-state index is 13.1. The molecule has 0 aliphatic heterocycles. The maximum Gasteiger partial charge on any atom is 0.123 e. The number of aromatic nitrogens is 1. The van der Waals surface area contributed by atoms with Crippen LogP contribution >= 0.6 is 27.7 Å². The average molecular weight is 327 g/mol. The van der Waals surface area contributed by atoms with E-state index in [4.69, 9.17) is 5.73 Å². The minimum atomic E-state index is -0.255. The molecule has 2 rings (SSSR count). The zero-order valence-corrected chi connectivity index (χ0v) is 11.9. The van der Waals surface area contributed by atoms with Crippen molar-refractivity contribution in [3.05, 3.63) is 58.4 Å². The van der Waals surface area contributed by atoms with Gasteiger partial charge in [0, 0.05) is 22.5 Å². The van der Waals surface area contributed by atoms with Crippen LogP contribution in [0.2, 0.25) is 0 Å². The topological polar surface area (TPSA) is 38.9 Å². The van der Waals surface area contributed by atoms with E-state index in [0.29, 0.717) is 5.75 Å². The minimum absolute atomic E-state index is 0.198. The second-order valence-electron chi connectivity index (χ2n) is 3.79. The third-order valence-corrected chi connectivity index (χ3v) is 3.92. The van der Waals surface area contributed by atoms with E-state index >= 15 is 0 Å². The van der Waals surface area contributed by atoms with E-state index in [2.05, 4.69) is 20.9 Å². The highest BCUT2D eigenvalue weighted by Crippen LogP contribution is 2.23. The van der Waals surface area contributed by atoms with Gasteiger partial charge in [-0.25, -0.2) is 9.37 Å². The minimum Gasteiger partial charge on any atom is -0.323 e. The quantitative estimate of drug-likeness (QED) is 0.869. The van der Waals surface area contributed by atoms with E-state index in [0.717, 1.165) is 15.1 Å². The summed E-state index contributed by atoms with van der Waals surface area (Å²) in [7, 11) is 0. The molecule has 2 aromatic rings. The lowest BCUT2D eigenvalue weighted by Gasteiger charge is -2.11. The van der Waals surface area contributed by atoms with Gasteiger partial charge in [-0.1, -0.05) is 12.1 Å². The van der Waals surface area contributed by atoms with Crippen molar-refractivity contribution in [3.8, 4) is 0 Å². The summed E-state index contributed by atoms with van der Waals surface area (Å²) in [6.07, 6.45) is 1.75. The molecule has 0 saturated carbocycles. The molecule has 0 saturated heterocycles. The maximum atomic E-state index is 13.1. The fraction of sp³-hybridized carbons (Fsp3) is 0.154. The van der Waals surface area contributed by atoms with Crippen molar-refractivity contribution >= 4 is 27.7 Å². The number of nitrogens with two attached hydrogens (primary N) is 1. The molecular formula is C13H12BrFN2S. The molecule has 0 aliphatic rings. The molecule has 1 unspecified atom stereocenters. The van der Waals surface area contributed by atoms with Gasteiger partial charge in [-0.05, 0) is 45.8 Å². The molecule has 1 aromatic heterocycles. The Morgan fingerprint density at radius 3 is 2.83 bits per heavy atom. The van der Waals surface area contributed by atoms with E-state index in [1.807, 2.05) is 18.2 Å². The average Bonchev–Trinajstić information content (AvgIpc) is 2.38. The zero-order valence-electron chi connectivity index (χ0n) is 9.51. The summed E-state index contributed by atoms with van der Waals surface area (Å²) >= 11 is 4.89. The first-order valence-corrected chi connectivity index (χ1v) is 7.18. The van der Waals surface area contributed by atoms with E-state index in [1.54, 1.807) is 24.0 Å². The smallest absolute Gasteiger partial charge is 0.123 e. The predicted octanol–water partition coefficient (Wildman–Crippen LogP) is 3.78. The molecule has 0 radical (unpaired) electrons. The van der Waals surface area contributed by atoms with Crippen molar-refractivity contribution < 1.29 is 4.39 Å². The number of hydrogen-bond acceptors (Lipinski definition) is 3. The summed E-state index contributed by atoms with van der Waals surface area (Å²) in [5, 5.41) is 0.907. The van der Waals surface area contributed by atoms with Gasteiger partial charge >= 0.3 is 0 Å². The first-order valence-electron chi connectivity index (χ1n) is 5.40. The molecule has 1 aromatic carbocycles. The van der Waals surface area contributed by atoms with Crippen LogP contribution in [-0.2, 0) is 0 Å². The van der Waals surface area contributed by atoms with Crippen LogP contribution in [0, 0.1) is 5.82 Å². The van der Waals surface area contributed by atoms with Crippen molar-refractivity contribution in [3.63, 3.8) is 0 Å². The number of rotatable bonds is 4. The van der Waals surface area contributed by atoms with E-state index < -0.39 is 0 Å². The lowest BCUT2D eigenvalue weighted by molar-refractivity contribution is 0.622. The van der Waals surface area contributed by atoms with Crippen molar-refractivity contribution in [1.29, 1.82) is 0 Å². The molecule has 2 nitrogen and oxygen atoms in total. The fourth-order valence-electron chi connectivity index (χ4n) is 1.46. The fourth-order valence-corrected chi connectivity index (χ4v) is 2.53. The number of nitrogens with zero attached hydrogens (tertiary/aromatic N) is 1. The van der Waals surface area contributed by atoms with Gasteiger partial charge in [0.15, 0.2) is 0 Å². The highest BCUT2D eigenvalue weighted by Gasteiger charge is 2.08. The van der Waals surface area contributed by atoms with Crippen LogP contribution in [0.1, 0.15) is 11.6 Å². The van der Waals surface area contributed by atoms with Crippen LogP contribution in [0.5, 0.6) is 0 Å². The van der Waals surface area contributed by atoms with Crippen LogP contribution in [-0.4, -0.2) is 10.7 Å². The normalized spacial score (nSPS) is 12.4. The summed E-state index contributed by atoms with van der Waals surface area (Å²) in [6, 6.07) is 10.1. The largest absolute Gasteiger partial charge is 0.323 e. The molecule has 0 bridgehead atoms. The number of halogens is 2. The first kappa shape index (κ1) is 13.5. The van der Waals surface area contributed by atoms with E-state index in [1.165, 1.54) is 12.1 Å². The summed E-state index contributed by atoms with van der Waals surface area (Å²) in [5.41, 5.74) is 6.82. The van der Waals surface area contributed by atoms with Gasteiger partial charge < -0.3 is 5.73 Å². The van der Waals surface area contributed by atoms with E-state index in [9.17, 15) is 4.39 Å². The predicted molar refractivity (Wildman–Crippen MR) is 76.0 cm³/mol. The number of pyridine rings is 1. The lowest BCUT2D eigenvalue weighted by atomic mass is 10.1. The summed E-state index contributed by atoms with van der Waals surface area (Å²) in [5.74, 6) is 0.410. The second-order valence-corrected chi connectivity index (χ2v) is 5.74. The van der Waals surface area contributed by atoms with Crippen LogP contribution in [0.4, 0.5) is 4.39 Å². The molecule has 1 atom stereocenters. The lowest BCUT2D eigenvalue weighted by Crippen LogP contribution is -2.13. The molecule has 0 aliphatic carbocycles. The molecule has 1 heterocycles. The second kappa shape index (κ2) is 6.31. The molecule has 18 heavy (non-hydrogen) atoms. The first-order chi connectivity index (χ1) is 8.65. The molecule has 0 spiro atoms. The molecule has 0 amide bonds. The Morgan fingerprint density at radius 2 is 2.17 bits per heavy atom. The van der Waals surface area contributed by atoms with Crippen molar-refractivity contribution in [2.75, 3.05) is 5.75 Å². The Labute approximate surface area is 118 Å². The highest BCUT2D eigenvalue weighted by molar-refractivity contribution is 9.10. The van der Waals surface area contributed by atoms with Gasteiger partial charge in [0.05, 0.1) is 5.03 Å². The van der Waals surface area contributed by atoms with Gasteiger partial charge in [0.25, 0.3) is 0 Å². The van der Waals surface area contributed by atoms with Gasteiger partial charge in [-0.15, -0.1) is 11.8 Å². The van der Waals surface area contributed by atoms with Crippen LogP contribution in [0.15, 0.2) is 52.1 Å². The number of hydrogen-bond donors (Lipinski definition) is 1. The Balaban J connectivity index is 1.96. The van der Waals surface area contributed by atoms with Crippen LogP contribution in [0.3, 0.4) is 0 Å². The SMILES string of the molecule is NC(CSc1ccc(Br)cn1)c1cccc(F)c1. The Kier molecular flexibility index (Phi) is 4.74. The Bertz CT molecular complexity index is 519. The summed E-state index contributed by atoms with van der Waals surface area (Å²) < 4.78 is 14.0. The van der Waals surface area contributed by atoms with E-state index in [-0.39, 0.29) is 11.9 Å². The Hall–Kier alpha value is -0.910. The molecule has 5 heteroatoms. The monoisotopic (exact) mass is 326 g/mol. The highest BCUT2D eigenvalue weighted by atomic mass is 79.9. The standard InChI is InChI=1S/C13H12BrFN2S/c14-10-4-5-13(17-7-10)18-8-12(16)9-2-1-3-11(15)6-9/h1-7,12H,8,16H2. The van der Waals surface area contributed by atoms with Crippen molar-refractivity contribution in [2.24, 2.45) is 5.73 Å². The van der Waals surface area contributed by atoms with Gasteiger partial charge in [-0.3, -0.25) is 0 Å². The van der Waals surface area contributed by atoms with Crippen molar-refractivity contribution in [1.82, 2.24) is 4.98 Å². The van der Waals surface area contributed by atoms with Gasteiger partial charge in [0.1, 0.15) is 5.82 Å². The summed E-state index contributed by atoms with van der Waals surface area (Å²) in [4.78, 5) is 4.25. The molecule has 0 fully saturated rings. The molecule has 94 valence electrons. The molecular weight excluding hydrogens is 315 g/mol. The Morgan fingerprint density at radius 1 is 1.33 bits per heavy atom. The van der Waals surface area contributed by atoms with Gasteiger partial charge in [0.2, 0.25) is 0 Å². The van der Waals surface area contributed by atoms with Crippen molar-refractivity contribution in [2.45, 2.75) is 11.1 Å². The third kappa shape index (κ3) is 3.80. The number of thioether (sulfide) groups is 1. The van der Waals surface area contributed by atoms with Crippen LogP contribution < -0.4 is 5.73 Å².